The fraction of sp³-hybridized carbons (Fsp3) is 0.600. The highest BCUT2D eigenvalue weighted by Crippen LogP contribution is 2.84. The van der Waals surface area contributed by atoms with Gasteiger partial charge in [-0.15, -0.1) is 34.8 Å². The van der Waals surface area contributed by atoms with Gasteiger partial charge in [0.2, 0.25) is 0 Å². The van der Waals surface area contributed by atoms with Crippen LogP contribution in [0.25, 0.3) is 0 Å². The fourth-order valence-corrected chi connectivity index (χ4v) is 6.46. The molecule has 3 aliphatic carbocycles. The summed E-state index contributed by atoms with van der Waals surface area (Å²) in [5.41, 5.74) is 0.507. The van der Waals surface area contributed by atoms with E-state index in [4.69, 9.17) is 92.8 Å². The summed E-state index contributed by atoms with van der Waals surface area (Å²) in [5, 5.41) is 0.122. The van der Waals surface area contributed by atoms with Crippen LogP contribution in [0.15, 0.2) is 22.8 Å². The summed E-state index contributed by atoms with van der Waals surface area (Å²) in [7, 11) is 0. The summed E-state index contributed by atoms with van der Waals surface area (Å²) in [4.78, 5) is -3.62. The summed E-state index contributed by atoms with van der Waals surface area (Å²) in [6, 6.07) is 0. The summed E-state index contributed by atoms with van der Waals surface area (Å²) in [6.45, 7) is 0. The van der Waals surface area contributed by atoms with E-state index in [1.807, 2.05) is 0 Å². The van der Waals surface area contributed by atoms with Gasteiger partial charge in [0.05, 0.1) is 9.91 Å². The van der Waals surface area contributed by atoms with Gasteiger partial charge in [0.1, 0.15) is 9.75 Å². The predicted molar refractivity (Wildman–Crippen MR) is 81.3 cm³/mol. The van der Waals surface area contributed by atoms with E-state index in [-0.39, 0.29) is 5.03 Å². The van der Waals surface area contributed by atoms with Crippen LogP contribution in [0.2, 0.25) is 0 Å². The van der Waals surface area contributed by atoms with Gasteiger partial charge in [0.25, 0.3) is 0 Å². The molecule has 0 aliphatic heterocycles. The van der Waals surface area contributed by atoms with Crippen molar-refractivity contribution in [1.82, 2.24) is 0 Å². The Morgan fingerprint density at radius 2 is 1.44 bits per heavy atom. The van der Waals surface area contributed by atoms with Gasteiger partial charge in [0, 0.05) is 0 Å². The molecule has 0 aromatic heterocycles. The number of rotatable bonds is 0. The third-order valence-electron chi connectivity index (χ3n) is 3.85. The Labute approximate surface area is 144 Å². The Hall–Kier alpha value is 1.80. The van der Waals surface area contributed by atoms with Crippen LogP contribution < -0.4 is 0 Å². The average Bonchev–Trinajstić information content (AvgIpc) is 2.78. The Kier molecular flexibility index (Phi) is 2.93. The van der Waals surface area contributed by atoms with E-state index >= 15 is 0 Å². The molecule has 0 spiro atoms. The molecule has 2 fully saturated rings. The molecule has 0 aromatic carbocycles. The van der Waals surface area contributed by atoms with Crippen molar-refractivity contribution in [3.05, 3.63) is 22.8 Å². The van der Waals surface area contributed by atoms with Crippen LogP contribution in [0.3, 0.4) is 0 Å². The lowest BCUT2D eigenvalue weighted by Gasteiger charge is -2.46. The summed E-state index contributed by atoms with van der Waals surface area (Å²) >= 11 is 50.7. The Morgan fingerprint density at radius 3 is 2.00 bits per heavy atom. The molecule has 3 atom stereocenters. The first-order valence-electron chi connectivity index (χ1n) is 4.88. The molecule has 100 valence electrons. The Bertz CT molecular complexity index is 520. The largest absolute Gasteiger partial charge is 0.179 e. The number of halogens is 8. The topological polar surface area (TPSA) is 0 Å². The van der Waals surface area contributed by atoms with Crippen LogP contribution >= 0.6 is 92.8 Å². The minimum atomic E-state index is -1.69. The first kappa shape index (κ1) is 14.7. The van der Waals surface area contributed by atoms with Crippen molar-refractivity contribution < 1.29 is 0 Å². The van der Waals surface area contributed by atoms with Gasteiger partial charge in [-0.3, -0.25) is 0 Å². The second-order valence-electron chi connectivity index (χ2n) is 4.68. The maximum absolute atomic E-state index is 6.57. The van der Waals surface area contributed by atoms with Gasteiger partial charge in [-0.1, -0.05) is 64.1 Å². The van der Waals surface area contributed by atoms with Crippen molar-refractivity contribution in [2.24, 2.45) is 0 Å². The van der Waals surface area contributed by atoms with Gasteiger partial charge in [-0.25, -0.2) is 0 Å². The average molecular weight is 408 g/mol. The van der Waals surface area contributed by atoms with Crippen molar-refractivity contribution in [3.8, 4) is 0 Å². The molecule has 3 rings (SSSR count). The molecule has 3 unspecified atom stereocenters. The molecule has 2 saturated carbocycles. The smallest absolute Gasteiger partial charge is 0.114 e. The molecule has 18 heavy (non-hydrogen) atoms. The predicted octanol–water partition coefficient (Wildman–Crippen LogP) is 5.75. The van der Waals surface area contributed by atoms with Crippen LogP contribution in [0, 0.1) is 0 Å². The molecule has 0 nitrogen and oxygen atoms in total. The number of hydrogen-bond acceptors (Lipinski definition) is 0. The molecule has 0 N–H and O–H groups in total. The number of hydrogen-bond donors (Lipinski definition) is 0. The van der Waals surface area contributed by atoms with Gasteiger partial charge in [0.15, 0.2) is 8.67 Å². The number of allylic oxidation sites excluding steroid dienone is 4. The van der Waals surface area contributed by atoms with Gasteiger partial charge in [-0.05, 0) is 18.1 Å². The lowest BCUT2D eigenvalue weighted by atomic mass is 9.87. The van der Waals surface area contributed by atoms with Gasteiger partial charge < -0.3 is 0 Å². The maximum atomic E-state index is 6.57. The zero-order valence-corrected chi connectivity index (χ0v) is 14.4. The van der Waals surface area contributed by atoms with Crippen LogP contribution in [-0.2, 0) is 0 Å². The molecule has 0 heterocycles. The number of alkyl halides is 7. The normalized spacial score (nSPS) is 51.1. The monoisotopic (exact) mass is 404 g/mol. The van der Waals surface area contributed by atoms with Crippen molar-refractivity contribution >= 4 is 92.8 Å². The van der Waals surface area contributed by atoms with Gasteiger partial charge in [-0.2, -0.15) is 0 Å². The third kappa shape index (κ3) is 1.20. The Balaban J connectivity index is 2.32. The fourth-order valence-electron chi connectivity index (χ4n) is 2.71. The molecule has 0 bridgehead atoms. The third-order valence-corrected chi connectivity index (χ3v) is 9.48. The minimum absolute atomic E-state index is 0.122. The molecular weight excluding hydrogens is 404 g/mol. The highest BCUT2D eigenvalue weighted by Gasteiger charge is 2.92. The first-order chi connectivity index (χ1) is 7.97. The standard InChI is InChI=1S/C10H4Cl8/c11-5-2-1-4-6(12)3-7(6,13)10(17,18)8(4,14)9(5,15)16/h1-2H,3H2. The van der Waals surface area contributed by atoms with Crippen LogP contribution in [0.5, 0.6) is 0 Å². The van der Waals surface area contributed by atoms with Crippen molar-refractivity contribution in [3.63, 3.8) is 0 Å². The van der Waals surface area contributed by atoms with E-state index in [0.717, 1.165) is 0 Å². The summed E-state index contributed by atoms with van der Waals surface area (Å²) in [6.07, 6.45) is 3.57. The van der Waals surface area contributed by atoms with Crippen LogP contribution in [-0.4, -0.2) is 23.3 Å². The summed E-state index contributed by atoms with van der Waals surface area (Å²) < 4.78 is -3.34. The highest BCUT2D eigenvalue weighted by atomic mass is 35.5. The highest BCUT2D eigenvalue weighted by molar-refractivity contribution is 6.69. The van der Waals surface area contributed by atoms with E-state index in [9.17, 15) is 0 Å². The quantitative estimate of drug-likeness (QED) is 0.449. The molecule has 0 saturated heterocycles. The molecule has 0 aromatic rings. The maximum Gasteiger partial charge on any atom is 0.179 e. The van der Waals surface area contributed by atoms with E-state index < -0.39 is 23.3 Å². The van der Waals surface area contributed by atoms with E-state index in [2.05, 4.69) is 0 Å². The van der Waals surface area contributed by atoms with Gasteiger partial charge >= 0.3 is 0 Å². The molecule has 0 radical (unpaired) electrons. The molecule has 3 aliphatic rings. The lowest BCUT2D eigenvalue weighted by molar-refractivity contribution is 0.558. The van der Waals surface area contributed by atoms with E-state index in [1.165, 1.54) is 6.08 Å². The SMILES string of the molecule is ClC1=CC=C2C3(Cl)CC3(Cl)C(Cl)(Cl)C2(Cl)C1(Cl)Cl. The molecular formula is C10H4Cl8. The zero-order chi connectivity index (χ0) is 13.8. The van der Waals surface area contributed by atoms with Crippen molar-refractivity contribution in [2.45, 2.75) is 29.7 Å². The van der Waals surface area contributed by atoms with E-state index in [1.54, 1.807) is 6.08 Å². The Morgan fingerprint density at radius 1 is 0.889 bits per heavy atom. The zero-order valence-electron chi connectivity index (χ0n) is 8.39. The first-order valence-corrected chi connectivity index (χ1v) is 7.90. The van der Waals surface area contributed by atoms with E-state index in [0.29, 0.717) is 12.0 Å². The van der Waals surface area contributed by atoms with Crippen molar-refractivity contribution in [1.29, 1.82) is 0 Å². The minimum Gasteiger partial charge on any atom is -0.114 e. The molecule has 8 heteroatoms. The van der Waals surface area contributed by atoms with Crippen LogP contribution in [0.1, 0.15) is 6.42 Å². The molecule has 0 amide bonds. The second kappa shape index (κ2) is 3.58. The van der Waals surface area contributed by atoms with Crippen molar-refractivity contribution in [2.75, 3.05) is 0 Å². The van der Waals surface area contributed by atoms with Crippen LogP contribution in [0.4, 0.5) is 0 Å². The number of fused-ring (bicyclic) bond motifs is 3. The lowest BCUT2D eigenvalue weighted by Crippen LogP contribution is -2.57. The second-order valence-corrected chi connectivity index (χ2v) is 9.60. The summed E-state index contributed by atoms with van der Waals surface area (Å²) in [5.74, 6) is 0.